The van der Waals surface area contributed by atoms with E-state index in [1.54, 1.807) is 30.3 Å². The van der Waals surface area contributed by atoms with Gasteiger partial charge in [0.25, 0.3) is 0 Å². The molecule has 0 aliphatic heterocycles. The number of carbonyl (C=O) groups excluding carboxylic acids is 1. The first-order valence-electron chi connectivity index (χ1n) is 8.42. The van der Waals surface area contributed by atoms with Gasteiger partial charge in [0, 0.05) is 23.9 Å². The van der Waals surface area contributed by atoms with Crippen LogP contribution in [-0.4, -0.2) is 17.7 Å². The third-order valence-corrected chi connectivity index (χ3v) is 3.79. The second-order valence-corrected chi connectivity index (χ2v) is 5.82. The standard InChI is InChI=1S/C21H19FN2O3/c22-19-12-5-4-11-18(19)20(25)14-23-21(26)24-15-7-6-10-17(13-15)27-16-8-2-1-3-9-16/h1-13,20,25H,14H2,(H2,23,24,26). The molecular weight excluding hydrogens is 347 g/mol. The molecule has 0 saturated carbocycles. The van der Waals surface area contributed by atoms with E-state index >= 15 is 0 Å². The second-order valence-electron chi connectivity index (χ2n) is 5.82. The van der Waals surface area contributed by atoms with Crippen LogP contribution >= 0.6 is 0 Å². The summed E-state index contributed by atoms with van der Waals surface area (Å²) in [5.74, 6) is 0.746. The zero-order chi connectivity index (χ0) is 19.1. The van der Waals surface area contributed by atoms with Gasteiger partial charge in [-0.25, -0.2) is 9.18 Å². The summed E-state index contributed by atoms with van der Waals surface area (Å²) in [5.41, 5.74) is 0.664. The molecule has 0 aliphatic carbocycles. The molecule has 2 amide bonds. The molecule has 3 rings (SSSR count). The Bertz CT molecular complexity index is 903. The van der Waals surface area contributed by atoms with Crippen LogP contribution in [0.5, 0.6) is 11.5 Å². The van der Waals surface area contributed by atoms with Gasteiger partial charge in [-0.05, 0) is 30.3 Å². The smallest absolute Gasteiger partial charge is 0.319 e. The average molecular weight is 366 g/mol. The number of benzene rings is 3. The van der Waals surface area contributed by atoms with E-state index < -0.39 is 18.0 Å². The molecule has 3 aromatic rings. The first-order valence-corrected chi connectivity index (χ1v) is 8.42. The predicted molar refractivity (Wildman–Crippen MR) is 101 cm³/mol. The molecule has 3 N–H and O–H groups in total. The van der Waals surface area contributed by atoms with Gasteiger partial charge in [0.05, 0.1) is 6.10 Å². The van der Waals surface area contributed by atoms with E-state index in [1.165, 1.54) is 18.2 Å². The maximum Gasteiger partial charge on any atom is 0.319 e. The van der Waals surface area contributed by atoms with Gasteiger partial charge in [-0.15, -0.1) is 0 Å². The lowest BCUT2D eigenvalue weighted by molar-refractivity contribution is 0.170. The van der Waals surface area contributed by atoms with Crippen molar-refractivity contribution >= 4 is 11.7 Å². The van der Waals surface area contributed by atoms with Crippen LogP contribution in [0.1, 0.15) is 11.7 Å². The molecule has 1 atom stereocenters. The van der Waals surface area contributed by atoms with Crippen LogP contribution in [-0.2, 0) is 0 Å². The molecule has 0 spiro atoms. The average Bonchev–Trinajstić information content (AvgIpc) is 2.67. The minimum absolute atomic E-state index is 0.118. The fraction of sp³-hybridized carbons (Fsp3) is 0.0952. The van der Waals surface area contributed by atoms with E-state index in [0.717, 1.165) is 0 Å². The Morgan fingerprint density at radius 1 is 0.963 bits per heavy atom. The van der Waals surface area contributed by atoms with Gasteiger partial charge in [0.1, 0.15) is 17.3 Å². The van der Waals surface area contributed by atoms with Crippen LogP contribution in [0.2, 0.25) is 0 Å². The molecule has 27 heavy (non-hydrogen) atoms. The minimum atomic E-state index is -1.13. The number of hydrogen-bond acceptors (Lipinski definition) is 3. The van der Waals surface area contributed by atoms with Gasteiger partial charge in [-0.3, -0.25) is 0 Å². The summed E-state index contributed by atoms with van der Waals surface area (Å²) in [7, 11) is 0. The van der Waals surface area contributed by atoms with Crippen molar-refractivity contribution < 1.29 is 19.0 Å². The number of para-hydroxylation sites is 1. The Kier molecular flexibility index (Phi) is 6.02. The monoisotopic (exact) mass is 366 g/mol. The van der Waals surface area contributed by atoms with Gasteiger partial charge in [-0.2, -0.15) is 0 Å². The molecule has 3 aromatic carbocycles. The molecule has 0 heterocycles. The van der Waals surface area contributed by atoms with Crippen molar-refractivity contribution in [2.45, 2.75) is 6.10 Å². The molecule has 138 valence electrons. The zero-order valence-electron chi connectivity index (χ0n) is 14.4. The van der Waals surface area contributed by atoms with Crippen LogP contribution in [0, 0.1) is 5.82 Å². The van der Waals surface area contributed by atoms with Gasteiger partial charge >= 0.3 is 6.03 Å². The van der Waals surface area contributed by atoms with E-state index in [-0.39, 0.29) is 12.1 Å². The highest BCUT2D eigenvalue weighted by Gasteiger charge is 2.13. The Balaban J connectivity index is 1.55. The van der Waals surface area contributed by atoms with E-state index in [9.17, 15) is 14.3 Å². The summed E-state index contributed by atoms with van der Waals surface area (Å²) in [6.07, 6.45) is -1.13. The Morgan fingerprint density at radius 3 is 2.44 bits per heavy atom. The number of rotatable bonds is 6. The second kappa shape index (κ2) is 8.82. The van der Waals surface area contributed by atoms with Gasteiger partial charge in [0.2, 0.25) is 0 Å². The first-order chi connectivity index (χ1) is 13.1. The lowest BCUT2D eigenvalue weighted by Gasteiger charge is -2.14. The molecular formula is C21H19FN2O3. The van der Waals surface area contributed by atoms with Gasteiger partial charge < -0.3 is 20.5 Å². The Morgan fingerprint density at radius 2 is 1.67 bits per heavy atom. The molecule has 0 bridgehead atoms. The maximum absolute atomic E-state index is 13.6. The minimum Gasteiger partial charge on any atom is -0.457 e. The quantitative estimate of drug-likeness (QED) is 0.603. The molecule has 0 aliphatic rings. The van der Waals surface area contributed by atoms with E-state index in [0.29, 0.717) is 17.2 Å². The number of ether oxygens (including phenoxy) is 1. The topological polar surface area (TPSA) is 70.6 Å². The molecule has 6 heteroatoms. The highest BCUT2D eigenvalue weighted by Crippen LogP contribution is 2.23. The number of anilines is 1. The number of nitrogens with one attached hydrogen (secondary N) is 2. The van der Waals surface area contributed by atoms with Crippen molar-refractivity contribution in [2.24, 2.45) is 0 Å². The normalized spacial score (nSPS) is 11.5. The zero-order valence-corrected chi connectivity index (χ0v) is 14.4. The lowest BCUT2D eigenvalue weighted by Crippen LogP contribution is -2.32. The van der Waals surface area contributed by atoms with Gasteiger partial charge in [0.15, 0.2) is 0 Å². The van der Waals surface area contributed by atoms with Crippen LogP contribution in [0.4, 0.5) is 14.9 Å². The van der Waals surface area contributed by atoms with Crippen LogP contribution in [0.3, 0.4) is 0 Å². The SMILES string of the molecule is O=C(NCC(O)c1ccccc1F)Nc1cccc(Oc2ccccc2)c1. The number of carbonyl (C=O) groups is 1. The first kappa shape index (κ1) is 18.4. The Labute approximate surface area is 156 Å². The third kappa shape index (κ3) is 5.29. The molecule has 0 fully saturated rings. The molecule has 0 aromatic heterocycles. The molecule has 1 unspecified atom stereocenters. The van der Waals surface area contributed by atoms with Crippen LogP contribution in [0.15, 0.2) is 78.9 Å². The number of halogens is 1. The summed E-state index contributed by atoms with van der Waals surface area (Å²) in [6, 6.07) is 21.6. The fourth-order valence-corrected chi connectivity index (χ4v) is 2.48. The number of amides is 2. The van der Waals surface area contributed by atoms with Crippen molar-refractivity contribution in [1.82, 2.24) is 5.32 Å². The number of aliphatic hydroxyl groups is 1. The summed E-state index contributed by atoms with van der Waals surface area (Å²) < 4.78 is 19.3. The summed E-state index contributed by atoms with van der Waals surface area (Å²) in [5, 5.41) is 15.2. The molecule has 0 saturated heterocycles. The molecule has 0 radical (unpaired) electrons. The Hall–Kier alpha value is -3.38. The van der Waals surface area contributed by atoms with Gasteiger partial charge in [-0.1, -0.05) is 42.5 Å². The van der Waals surface area contributed by atoms with E-state index in [2.05, 4.69) is 10.6 Å². The van der Waals surface area contributed by atoms with Crippen LogP contribution < -0.4 is 15.4 Å². The fourth-order valence-electron chi connectivity index (χ4n) is 2.48. The number of hydrogen-bond donors (Lipinski definition) is 3. The van der Waals surface area contributed by atoms with Crippen molar-refractivity contribution in [2.75, 3.05) is 11.9 Å². The van der Waals surface area contributed by atoms with Crippen molar-refractivity contribution in [3.05, 3.63) is 90.2 Å². The van der Waals surface area contributed by atoms with Crippen LogP contribution in [0.25, 0.3) is 0 Å². The van der Waals surface area contributed by atoms with Crippen molar-refractivity contribution in [3.63, 3.8) is 0 Å². The highest BCUT2D eigenvalue weighted by molar-refractivity contribution is 5.89. The number of aliphatic hydroxyl groups excluding tert-OH is 1. The molecule has 5 nitrogen and oxygen atoms in total. The maximum atomic E-state index is 13.6. The summed E-state index contributed by atoms with van der Waals surface area (Å²) in [4.78, 5) is 12.0. The largest absolute Gasteiger partial charge is 0.457 e. The van der Waals surface area contributed by atoms with Crippen molar-refractivity contribution in [1.29, 1.82) is 0 Å². The van der Waals surface area contributed by atoms with E-state index in [1.807, 2.05) is 30.3 Å². The number of urea groups is 1. The summed E-state index contributed by atoms with van der Waals surface area (Å²) in [6.45, 7) is -0.118. The highest BCUT2D eigenvalue weighted by atomic mass is 19.1. The lowest BCUT2D eigenvalue weighted by atomic mass is 10.1. The van der Waals surface area contributed by atoms with Crippen molar-refractivity contribution in [3.8, 4) is 11.5 Å². The predicted octanol–water partition coefficient (Wildman–Crippen LogP) is 4.47. The van der Waals surface area contributed by atoms with E-state index in [4.69, 9.17) is 4.74 Å². The summed E-state index contributed by atoms with van der Waals surface area (Å²) >= 11 is 0. The third-order valence-electron chi connectivity index (χ3n) is 3.79.